The first-order valence-electron chi connectivity index (χ1n) is 10.2. The third kappa shape index (κ3) is 4.97. The van der Waals surface area contributed by atoms with E-state index in [0.717, 1.165) is 22.4 Å². The Morgan fingerprint density at radius 3 is 2.50 bits per heavy atom. The lowest BCUT2D eigenvalue weighted by Crippen LogP contribution is -2.07. The molecule has 0 unspecified atom stereocenters. The first-order chi connectivity index (χ1) is 15.5. The van der Waals surface area contributed by atoms with Gasteiger partial charge in [0.2, 0.25) is 17.7 Å². The molecule has 0 fully saturated rings. The lowest BCUT2D eigenvalue weighted by Gasteiger charge is -2.05. The van der Waals surface area contributed by atoms with Crippen molar-refractivity contribution in [2.24, 2.45) is 7.05 Å². The second-order valence-electron chi connectivity index (χ2n) is 7.22. The molecule has 0 aliphatic carbocycles. The first-order valence-corrected chi connectivity index (χ1v) is 10.2. The van der Waals surface area contributed by atoms with Crippen molar-refractivity contribution in [2.45, 2.75) is 19.8 Å². The lowest BCUT2D eigenvalue weighted by molar-refractivity contribution is -0.111. The van der Waals surface area contributed by atoms with Crippen LogP contribution in [-0.4, -0.2) is 25.9 Å². The average molecular weight is 431 g/mol. The Kier molecular flexibility index (Phi) is 6.21. The van der Waals surface area contributed by atoms with Gasteiger partial charge in [-0.2, -0.15) is 5.10 Å². The van der Waals surface area contributed by atoms with Crippen molar-refractivity contribution in [1.29, 1.82) is 0 Å². The van der Waals surface area contributed by atoms with Gasteiger partial charge in [-0.05, 0) is 48.0 Å². The summed E-state index contributed by atoms with van der Waals surface area (Å²) in [6.07, 6.45) is 6.04. The van der Waals surface area contributed by atoms with Gasteiger partial charge in [-0.1, -0.05) is 19.1 Å². The van der Waals surface area contributed by atoms with Crippen molar-refractivity contribution in [3.05, 3.63) is 89.5 Å². The van der Waals surface area contributed by atoms with Crippen LogP contribution in [0.3, 0.4) is 0 Å². The molecule has 8 heteroatoms. The largest absolute Gasteiger partial charge is 0.425 e. The van der Waals surface area contributed by atoms with Gasteiger partial charge in [0.25, 0.3) is 0 Å². The summed E-state index contributed by atoms with van der Waals surface area (Å²) < 4.78 is 20.5. The maximum Gasteiger partial charge on any atom is 0.248 e. The number of hydrogen-bond donors (Lipinski definition) is 1. The van der Waals surface area contributed by atoms with Gasteiger partial charge in [0, 0.05) is 36.4 Å². The minimum Gasteiger partial charge on any atom is -0.425 e. The molecule has 1 N–H and O–H groups in total. The average Bonchev–Trinajstić information content (AvgIpc) is 3.40. The van der Waals surface area contributed by atoms with E-state index >= 15 is 0 Å². The fraction of sp³-hybridized carbons (Fsp3) is 0.167. The smallest absolute Gasteiger partial charge is 0.248 e. The van der Waals surface area contributed by atoms with Gasteiger partial charge < -0.3 is 9.73 Å². The summed E-state index contributed by atoms with van der Waals surface area (Å²) >= 11 is 0. The number of nitrogens with zero attached hydrogens (tertiary/aromatic N) is 4. The number of amides is 1. The van der Waals surface area contributed by atoms with Crippen LogP contribution in [0.5, 0.6) is 0 Å². The molecule has 0 saturated carbocycles. The number of rotatable bonds is 7. The van der Waals surface area contributed by atoms with Gasteiger partial charge in [-0.15, -0.1) is 10.2 Å². The Balaban J connectivity index is 1.40. The molecule has 32 heavy (non-hydrogen) atoms. The van der Waals surface area contributed by atoms with Crippen molar-refractivity contribution in [3.63, 3.8) is 0 Å². The van der Waals surface area contributed by atoms with Crippen molar-refractivity contribution >= 4 is 17.7 Å². The highest BCUT2D eigenvalue weighted by molar-refractivity contribution is 6.02. The van der Waals surface area contributed by atoms with Crippen LogP contribution in [0.15, 0.2) is 65.2 Å². The van der Waals surface area contributed by atoms with Crippen LogP contribution in [0.1, 0.15) is 29.8 Å². The topological polar surface area (TPSA) is 85.8 Å². The molecule has 2 heterocycles. The highest BCUT2D eigenvalue weighted by Crippen LogP contribution is 2.24. The third-order valence-electron chi connectivity index (χ3n) is 4.89. The fourth-order valence-corrected chi connectivity index (χ4v) is 3.27. The van der Waals surface area contributed by atoms with E-state index in [1.807, 2.05) is 31.2 Å². The summed E-state index contributed by atoms with van der Waals surface area (Å²) in [6, 6.07) is 13.6. The molecule has 0 aliphatic rings. The molecule has 2 aromatic carbocycles. The summed E-state index contributed by atoms with van der Waals surface area (Å²) in [7, 11) is 1.80. The Labute approximate surface area is 184 Å². The molecule has 0 bridgehead atoms. The Hall–Kier alpha value is -4.07. The Morgan fingerprint density at radius 2 is 1.81 bits per heavy atom. The number of benzene rings is 2. The summed E-state index contributed by atoms with van der Waals surface area (Å²) in [5.41, 5.74) is 4.05. The molecule has 4 aromatic rings. The Morgan fingerprint density at radius 1 is 1.09 bits per heavy atom. The maximum absolute atomic E-state index is 13.2. The number of carbonyl (C=O) groups is 1. The zero-order valence-electron chi connectivity index (χ0n) is 17.7. The van der Waals surface area contributed by atoms with E-state index < -0.39 is 0 Å². The van der Waals surface area contributed by atoms with E-state index in [9.17, 15) is 9.18 Å². The van der Waals surface area contributed by atoms with Crippen molar-refractivity contribution in [1.82, 2.24) is 20.0 Å². The van der Waals surface area contributed by atoms with Crippen LogP contribution in [-0.2, 0) is 24.7 Å². The predicted molar refractivity (Wildman–Crippen MR) is 119 cm³/mol. The van der Waals surface area contributed by atoms with Gasteiger partial charge in [0.1, 0.15) is 5.82 Å². The van der Waals surface area contributed by atoms with Crippen LogP contribution >= 0.6 is 0 Å². The monoisotopic (exact) mass is 431 g/mol. The van der Waals surface area contributed by atoms with Crippen molar-refractivity contribution < 1.29 is 13.6 Å². The minimum atomic E-state index is -0.304. The van der Waals surface area contributed by atoms with Crippen molar-refractivity contribution in [2.75, 3.05) is 5.32 Å². The van der Waals surface area contributed by atoms with E-state index in [-0.39, 0.29) is 11.7 Å². The summed E-state index contributed by atoms with van der Waals surface area (Å²) in [5.74, 6) is 0.610. The minimum absolute atomic E-state index is 0.267. The molecule has 0 radical (unpaired) electrons. The highest BCUT2D eigenvalue weighted by atomic mass is 19.1. The maximum atomic E-state index is 13.2. The molecule has 7 nitrogen and oxygen atoms in total. The van der Waals surface area contributed by atoms with E-state index in [1.54, 1.807) is 36.1 Å². The molecule has 4 rings (SSSR count). The van der Waals surface area contributed by atoms with Crippen LogP contribution in [0.25, 0.3) is 17.3 Å². The first kappa shape index (κ1) is 21.2. The van der Waals surface area contributed by atoms with Gasteiger partial charge in [0.15, 0.2) is 0 Å². The van der Waals surface area contributed by atoms with Crippen LogP contribution in [0.2, 0.25) is 0 Å². The zero-order valence-corrected chi connectivity index (χ0v) is 17.7. The molecule has 0 atom stereocenters. The molecule has 0 saturated heterocycles. The third-order valence-corrected chi connectivity index (χ3v) is 4.89. The molecular weight excluding hydrogens is 409 g/mol. The lowest BCUT2D eigenvalue weighted by atomic mass is 10.1. The number of hydrogen-bond acceptors (Lipinski definition) is 5. The number of aryl methyl sites for hydroxylation is 2. The second kappa shape index (κ2) is 9.38. The van der Waals surface area contributed by atoms with E-state index in [1.165, 1.54) is 18.2 Å². The quantitative estimate of drug-likeness (QED) is 0.438. The molecular formula is C24H22FN5O2. The van der Waals surface area contributed by atoms with E-state index in [4.69, 9.17) is 4.42 Å². The van der Waals surface area contributed by atoms with Gasteiger partial charge in [-0.25, -0.2) is 4.39 Å². The van der Waals surface area contributed by atoms with E-state index in [0.29, 0.717) is 30.3 Å². The molecule has 1 amide bonds. The highest BCUT2D eigenvalue weighted by Gasteiger charge is 2.10. The fourth-order valence-electron chi connectivity index (χ4n) is 3.27. The summed E-state index contributed by atoms with van der Waals surface area (Å²) in [6.45, 7) is 1.96. The molecule has 0 spiro atoms. The Bertz CT molecular complexity index is 1240. The standard InChI is InChI=1S/C24H22FN5O2/c1-3-22-28-29-23(32-22)14-16-4-11-20(12-5-16)27-21(31)13-8-18-15-26-30(2)24(18)17-6-9-19(25)10-7-17/h4-13,15H,3,14H2,1-2H3,(H,27,31). The molecule has 2 aromatic heterocycles. The predicted octanol–water partition coefficient (Wildman–Crippen LogP) is 4.41. The van der Waals surface area contributed by atoms with Gasteiger partial charge >= 0.3 is 0 Å². The number of carbonyl (C=O) groups excluding carboxylic acids is 1. The number of anilines is 1. The second-order valence-corrected chi connectivity index (χ2v) is 7.22. The molecule has 162 valence electrons. The zero-order chi connectivity index (χ0) is 22.5. The SMILES string of the molecule is CCc1nnc(Cc2ccc(NC(=O)C=Cc3cnn(C)c3-c3ccc(F)cc3)cc2)o1. The van der Waals surface area contributed by atoms with Crippen LogP contribution in [0.4, 0.5) is 10.1 Å². The summed E-state index contributed by atoms with van der Waals surface area (Å²) in [4.78, 5) is 12.4. The number of aromatic nitrogens is 4. The van der Waals surface area contributed by atoms with E-state index in [2.05, 4.69) is 20.6 Å². The molecule has 0 aliphatic heterocycles. The van der Waals surface area contributed by atoms with Crippen LogP contribution < -0.4 is 5.32 Å². The number of halogens is 1. The normalized spacial score (nSPS) is 11.2. The summed E-state index contributed by atoms with van der Waals surface area (Å²) in [5, 5.41) is 15.1. The van der Waals surface area contributed by atoms with Gasteiger partial charge in [0.05, 0.1) is 18.3 Å². The van der Waals surface area contributed by atoms with Gasteiger partial charge in [-0.3, -0.25) is 9.48 Å². The number of nitrogens with one attached hydrogen (secondary N) is 1. The van der Waals surface area contributed by atoms with Crippen molar-refractivity contribution in [3.8, 4) is 11.3 Å². The van der Waals surface area contributed by atoms with Crippen LogP contribution in [0, 0.1) is 5.82 Å².